The Balaban J connectivity index is 2.47. The molecular weight excluding hydrogens is 256 g/mol. The second kappa shape index (κ2) is 6.86. The van der Waals surface area contributed by atoms with Gasteiger partial charge in [0.2, 0.25) is 0 Å². The molecule has 4 heteroatoms. The van der Waals surface area contributed by atoms with Crippen molar-refractivity contribution < 1.29 is 19.3 Å². The van der Waals surface area contributed by atoms with E-state index in [1.165, 1.54) is 0 Å². The Morgan fingerprint density at radius 2 is 1.80 bits per heavy atom. The van der Waals surface area contributed by atoms with Gasteiger partial charge in [-0.15, -0.1) is 0 Å². The van der Waals surface area contributed by atoms with Crippen LogP contribution >= 0.6 is 0 Å². The molecule has 0 fully saturated rings. The van der Waals surface area contributed by atoms with Gasteiger partial charge in [0.25, 0.3) is 0 Å². The quantitative estimate of drug-likeness (QED) is 0.608. The molecule has 1 radical (unpaired) electrons. The predicted molar refractivity (Wildman–Crippen MR) is 77.0 cm³/mol. The average molecular weight is 279 g/mol. The van der Waals surface area contributed by atoms with E-state index in [4.69, 9.17) is 14.5 Å². The van der Waals surface area contributed by atoms with Crippen molar-refractivity contribution in [2.45, 2.75) is 47.1 Å². The standard InChI is InChI=1S/C16H23O4/c1-11-7-8-14(12(2)9-11)15(17)20-19-13(3)10-18-16(4,5)6/h7-9H,10H2,1-6H3. The Hall–Kier alpha value is -1.39. The smallest absolute Gasteiger partial charge is 0.373 e. The maximum Gasteiger partial charge on any atom is 0.373 e. The van der Waals surface area contributed by atoms with E-state index < -0.39 is 5.97 Å². The van der Waals surface area contributed by atoms with E-state index in [1.54, 1.807) is 13.0 Å². The largest absolute Gasteiger partial charge is 0.373 e. The van der Waals surface area contributed by atoms with Crippen LogP contribution in [0, 0.1) is 20.0 Å². The van der Waals surface area contributed by atoms with Crippen molar-refractivity contribution in [1.82, 2.24) is 0 Å². The molecule has 0 heterocycles. The number of aryl methyl sites for hydroxylation is 2. The third kappa shape index (κ3) is 5.72. The molecule has 0 atom stereocenters. The molecule has 0 saturated carbocycles. The van der Waals surface area contributed by atoms with Crippen molar-refractivity contribution in [1.29, 1.82) is 0 Å². The predicted octanol–water partition coefficient (Wildman–Crippen LogP) is 3.76. The lowest BCUT2D eigenvalue weighted by molar-refractivity contribution is -0.242. The second-order valence-electron chi connectivity index (χ2n) is 5.88. The first-order chi connectivity index (χ1) is 9.19. The molecule has 111 valence electrons. The number of benzene rings is 1. The topological polar surface area (TPSA) is 44.8 Å². The molecule has 4 nitrogen and oxygen atoms in total. The van der Waals surface area contributed by atoms with Crippen molar-refractivity contribution in [3.05, 3.63) is 41.0 Å². The van der Waals surface area contributed by atoms with E-state index in [0.29, 0.717) is 11.7 Å². The molecule has 1 rings (SSSR count). The summed E-state index contributed by atoms with van der Waals surface area (Å²) in [6.07, 6.45) is 0.498. The SMILES string of the molecule is C[C](COC(C)(C)C)OOC(=O)c1ccc(C)cc1C. The van der Waals surface area contributed by atoms with Crippen LogP contribution in [-0.4, -0.2) is 18.2 Å². The van der Waals surface area contributed by atoms with Gasteiger partial charge in [0.1, 0.15) is 0 Å². The Bertz CT molecular complexity index is 460. The van der Waals surface area contributed by atoms with Gasteiger partial charge in [-0.05, 0) is 53.2 Å². The molecule has 20 heavy (non-hydrogen) atoms. The third-order valence-corrected chi connectivity index (χ3v) is 2.57. The Kier molecular flexibility index (Phi) is 5.72. The summed E-state index contributed by atoms with van der Waals surface area (Å²) >= 11 is 0. The highest BCUT2D eigenvalue weighted by Gasteiger charge is 2.17. The van der Waals surface area contributed by atoms with Crippen molar-refractivity contribution in [3.63, 3.8) is 0 Å². The minimum Gasteiger partial charge on any atom is -0.373 e. The number of hydrogen-bond donors (Lipinski definition) is 0. The van der Waals surface area contributed by atoms with E-state index in [9.17, 15) is 4.79 Å². The van der Waals surface area contributed by atoms with Gasteiger partial charge >= 0.3 is 5.97 Å². The monoisotopic (exact) mass is 279 g/mol. The van der Waals surface area contributed by atoms with Crippen molar-refractivity contribution >= 4 is 5.97 Å². The lowest BCUT2D eigenvalue weighted by Crippen LogP contribution is -2.23. The molecule has 0 aromatic heterocycles. The number of ether oxygens (including phenoxy) is 1. The molecule has 0 amide bonds. The van der Waals surface area contributed by atoms with E-state index in [1.807, 2.05) is 46.8 Å². The first-order valence-electron chi connectivity index (χ1n) is 6.61. The number of carbonyl (C=O) groups excluding carboxylic acids is 1. The van der Waals surface area contributed by atoms with Crippen LogP contribution in [0.2, 0.25) is 0 Å². The number of carbonyl (C=O) groups is 1. The molecular formula is C16H23O4. The molecule has 0 spiro atoms. The molecule has 0 unspecified atom stereocenters. The normalized spacial score (nSPS) is 11.8. The lowest BCUT2D eigenvalue weighted by atomic mass is 10.1. The van der Waals surface area contributed by atoms with Gasteiger partial charge in [-0.2, -0.15) is 4.89 Å². The van der Waals surface area contributed by atoms with Crippen LogP contribution in [0.4, 0.5) is 0 Å². The zero-order valence-corrected chi connectivity index (χ0v) is 13.1. The summed E-state index contributed by atoms with van der Waals surface area (Å²) in [6, 6.07) is 5.52. The minimum atomic E-state index is -0.502. The molecule has 1 aromatic rings. The van der Waals surface area contributed by atoms with Gasteiger partial charge in [0.15, 0.2) is 6.10 Å². The summed E-state index contributed by atoms with van der Waals surface area (Å²) in [5, 5.41) is 0. The molecule has 0 aliphatic rings. The fourth-order valence-corrected chi connectivity index (χ4v) is 1.54. The fraction of sp³-hybridized carbons (Fsp3) is 0.500. The van der Waals surface area contributed by atoms with E-state index in [0.717, 1.165) is 11.1 Å². The van der Waals surface area contributed by atoms with Crippen LogP contribution < -0.4 is 0 Å². The average Bonchev–Trinajstić information content (AvgIpc) is 2.32. The highest BCUT2D eigenvalue weighted by molar-refractivity contribution is 5.90. The third-order valence-electron chi connectivity index (χ3n) is 2.57. The highest BCUT2D eigenvalue weighted by Crippen LogP contribution is 2.15. The van der Waals surface area contributed by atoms with Crippen molar-refractivity contribution in [2.75, 3.05) is 6.61 Å². The number of rotatable bonds is 5. The molecule has 0 N–H and O–H groups in total. The summed E-state index contributed by atoms with van der Waals surface area (Å²) < 4.78 is 5.52. The van der Waals surface area contributed by atoms with Crippen molar-refractivity contribution in [3.8, 4) is 0 Å². The molecule has 0 bridgehead atoms. The van der Waals surface area contributed by atoms with E-state index in [2.05, 4.69) is 0 Å². The Morgan fingerprint density at radius 1 is 1.15 bits per heavy atom. The van der Waals surface area contributed by atoms with Gasteiger partial charge in [-0.25, -0.2) is 4.79 Å². The van der Waals surface area contributed by atoms with Crippen LogP contribution in [0.3, 0.4) is 0 Å². The van der Waals surface area contributed by atoms with Gasteiger partial charge in [-0.3, -0.25) is 4.89 Å². The molecule has 0 saturated heterocycles. The van der Waals surface area contributed by atoms with Crippen molar-refractivity contribution in [2.24, 2.45) is 0 Å². The van der Waals surface area contributed by atoms with Gasteiger partial charge in [0.05, 0.1) is 17.8 Å². The molecule has 1 aromatic carbocycles. The summed E-state index contributed by atoms with van der Waals surface area (Å²) in [5.41, 5.74) is 2.20. The highest BCUT2D eigenvalue weighted by atomic mass is 17.2. The summed E-state index contributed by atoms with van der Waals surface area (Å²) in [6.45, 7) is 11.7. The maximum atomic E-state index is 11.9. The zero-order valence-electron chi connectivity index (χ0n) is 13.1. The first kappa shape index (κ1) is 16.7. The van der Waals surface area contributed by atoms with Crippen LogP contribution in [0.5, 0.6) is 0 Å². The van der Waals surface area contributed by atoms with Crippen LogP contribution in [0.15, 0.2) is 18.2 Å². The molecule has 0 aliphatic carbocycles. The van der Waals surface area contributed by atoms with Crippen LogP contribution in [0.1, 0.15) is 49.2 Å². The van der Waals surface area contributed by atoms with Gasteiger partial charge in [-0.1, -0.05) is 17.7 Å². The van der Waals surface area contributed by atoms with Gasteiger partial charge in [0, 0.05) is 0 Å². The van der Waals surface area contributed by atoms with E-state index >= 15 is 0 Å². The minimum absolute atomic E-state index is 0.262. The molecule has 0 aliphatic heterocycles. The summed E-state index contributed by atoms with van der Waals surface area (Å²) in [5.74, 6) is -0.502. The summed E-state index contributed by atoms with van der Waals surface area (Å²) in [7, 11) is 0. The number of hydrogen-bond acceptors (Lipinski definition) is 4. The summed E-state index contributed by atoms with van der Waals surface area (Å²) in [4.78, 5) is 21.7. The first-order valence-corrected chi connectivity index (χ1v) is 6.61. The Labute approximate surface area is 121 Å². The van der Waals surface area contributed by atoms with Gasteiger partial charge < -0.3 is 4.74 Å². The Morgan fingerprint density at radius 3 is 2.35 bits per heavy atom. The maximum absolute atomic E-state index is 11.9. The van der Waals surface area contributed by atoms with E-state index in [-0.39, 0.29) is 12.2 Å². The van der Waals surface area contributed by atoms with Crippen LogP contribution in [-0.2, 0) is 14.5 Å². The fourth-order valence-electron chi connectivity index (χ4n) is 1.54. The lowest BCUT2D eigenvalue weighted by Gasteiger charge is -2.21. The second-order valence-corrected chi connectivity index (χ2v) is 5.88. The zero-order chi connectivity index (χ0) is 15.3. The van der Waals surface area contributed by atoms with Crippen LogP contribution in [0.25, 0.3) is 0 Å².